The van der Waals surface area contributed by atoms with Crippen LogP contribution in [0.1, 0.15) is 20.3 Å². The summed E-state index contributed by atoms with van der Waals surface area (Å²) in [5.41, 5.74) is -0.685. The molecular weight excluding hydrogens is 158 g/mol. The zero-order valence-corrected chi connectivity index (χ0v) is 7.46. The first-order chi connectivity index (χ1) is 5.58. The minimum absolute atomic E-state index is 0.276. The molecule has 1 heterocycles. The normalized spacial score (nSPS) is 35.1. The van der Waals surface area contributed by atoms with Gasteiger partial charge in [0.05, 0.1) is 12.7 Å². The van der Waals surface area contributed by atoms with Crippen molar-refractivity contribution in [3.8, 4) is 0 Å². The van der Waals surface area contributed by atoms with Gasteiger partial charge in [0.15, 0.2) is 0 Å². The van der Waals surface area contributed by atoms with Crippen LogP contribution in [0.4, 0.5) is 0 Å². The summed E-state index contributed by atoms with van der Waals surface area (Å²) in [6.45, 7) is 4.37. The second kappa shape index (κ2) is 3.41. The van der Waals surface area contributed by atoms with E-state index in [1.807, 2.05) is 0 Å². The standard InChI is InChI=1S/C8H15NO3/c1-3-12-7(11)8(2)4-6(10)5-9-8/h6,9-10H,3-5H2,1-2H3. The number of hydrogen-bond donors (Lipinski definition) is 2. The van der Waals surface area contributed by atoms with Gasteiger partial charge in [-0.05, 0) is 13.8 Å². The lowest BCUT2D eigenvalue weighted by molar-refractivity contribution is -0.150. The maximum Gasteiger partial charge on any atom is 0.326 e. The average molecular weight is 173 g/mol. The fourth-order valence-electron chi connectivity index (χ4n) is 1.40. The summed E-state index contributed by atoms with van der Waals surface area (Å²) >= 11 is 0. The second-order valence-corrected chi connectivity index (χ2v) is 3.29. The molecule has 0 amide bonds. The quantitative estimate of drug-likeness (QED) is 0.561. The SMILES string of the molecule is CCOC(=O)C1(C)CC(O)CN1. The molecule has 4 heteroatoms. The van der Waals surface area contributed by atoms with E-state index in [1.54, 1.807) is 13.8 Å². The lowest BCUT2D eigenvalue weighted by Gasteiger charge is -2.21. The molecule has 0 radical (unpaired) electrons. The third-order valence-corrected chi connectivity index (χ3v) is 2.10. The number of ether oxygens (including phenoxy) is 1. The number of esters is 1. The predicted octanol–water partition coefficient (Wildman–Crippen LogP) is -0.338. The molecule has 2 atom stereocenters. The Morgan fingerprint density at radius 3 is 2.92 bits per heavy atom. The number of aliphatic hydroxyl groups excluding tert-OH is 1. The summed E-state index contributed by atoms with van der Waals surface area (Å²) in [6.07, 6.45) is 0.00524. The smallest absolute Gasteiger partial charge is 0.326 e. The molecule has 0 aromatic rings. The highest BCUT2D eigenvalue weighted by Gasteiger charge is 2.41. The fraction of sp³-hybridized carbons (Fsp3) is 0.875. The summed E-state index contributed by atoms with van der Waals surface area (Å²) in [5, 5.41) is 12.2. The van der Waals surface area contributed by atoms with Crippen LogP contribution >= 0.6 is 0 Å². The maximum atomic E-state index is 11.3. The number of rotatable bonds is 2. The number of nitrogens with one attached hydrogen (secondary N) is 1. The van der Waals surface area contributed by atoms with Crippen LogP contribution in [-0.4, -0.2) is 35.9 Å². The second-order valence-electron chi connectivity index (χ2n) is 3.29. The van der Waals surface area contributed by atoms with E-state index in [0.717, 1.165) is 0 Å². The Kier molecular flexibility index (Phi) is 2.69. The van der Waals surface area contributed by atoms with Crippen molar-refractivity contribution < 1.29 is 14.6 Å². The van der Waals surface area contributed by atoms with E-state index in [0.29, 0.717) is 19.6 Å². The van der Waals surface area contributed by atoms with Crippen molar-refractivity contribution in [1.29, 1.82) is 0 Å². The van der Waals surface area contributed by atoms with E-state index >= 15 is 0 Å². The third kappa shape index (κ3) is 1.76. The van der Waals surface area contributed by atoms with Crippen molar-refractivity contribution in [2.24, 2.45) is 0 Å². The minimum Gasteiger partial charge on any atom is -0.465 e. The molecule has 0 bridgehead atoms. The van der Waals surface area contributed by atoms with Gasteiger partial charge < -0.3 is 9.84 Å². The van der Waals surface area contributed by atoms with Crippen LogP contribution in [0.3, 0.4) is 0 Å². The van der Waals surface area contributed by atoms with Crippen molar-refractivity contribution in [2.45, 2.75) is 31.9 Å². The van der Waals surface area contributed by atoms with E-state index in [-0.39, 0.29) is 5.97 Å². The molecule has 0 aliphatic carbocycles. The van der Waals surface area contributed by atoms with E-state index in [2.05, 4.69) is 5.32 Å². The van der Waals surface area contributed by atoms with E-state index < -0.39 is 11.6 Å². The lowest BCUT2D eigenvalue weighted by atomic mass is 10.00. The topological polar surface area (TPSA) is 58.6 Å². The number of hydrogen-bond acceptors (Lipinski definition) is 4. The molecule has 1 saturated heterocycles. The predicted molar refractivity (Wildman–Crippen MR) is 43.7 cm³/mol. The van der Waals surface area contributed by atoms with Crippen LogP contribution in [0, 0.1) is 0 Å². The summed E-state index contributed by atoms with van der Waals surface area (Å²) in [7, 11) is 0. The van der Waals surface area contributed by atoms with Gasteiger partial charge in [-0.15, -0.1) is 0 Å². The zero-order valence-electron chi connectivity index (χ0n) is 7.46. The van der Waals surface area contributed by atoms with Gasteiger partial charge in [0, 0.05) is 13.0 Å². The first-order valence-corrected chi connectivity index (χ1v) is 4.19. The summed E-state index contributed by atoms with van der Waals surface area (Å²) in [4.78, 5) is 11.3. The summed E-state index contributed by atoms with van der Waals surface area (Å²) < 4.78 is 4.86. The molecule has 0 spiro atoms. The van der Waals surface area contributed by atoms with Crippen molar-refractivity contribution in [1.82, 2.24) is 5.32 Å². The number of carbonyl (C=O) groups is 1. The first kappa shape index (κ1) is 9.48. The molecule has 1 rings (SSSR count). The Hall–Kier alpha value is -0.610. The molecule has 2 N–H and O–H groups in total. The molecule has 0 aromatic heterocycles. The van der Waals surface area contributed by atoms with Gasteiger partial charge in [-0.25, -0.2) is 0 Å². The van der Waals surface area contributed by atoms with Gasteiger partial charge in [0.2, 0.25) is 0 Å². The molecule has 0 aromatic carbocycles. The van der Waals surface area contributed by atoms with Crippen molar-refractivity contribution in [2.75, 3.05) is 13.2 Å². The van der Waals surface area contributed by atoms with Gasteiger partial charge in [0.25, 0.3) is 0 Å². The molecule has 1 aliphatic rings. The van der Waals surface area contributed by atoms with Crippen LogP contribution in [0.25, 0.3) is 0 Å². The van der Waals surface area contributed by atoms with E-state index in [1.165, 1.54) is 0 Å². The summed E-state index contributed by atoms with van der Waals surface area (Å²) in [6, 6.07) is 0. The third-order valence-electron chi connectivity index (χ3n) is 2.10. The highest BCUT2D eigenvalue weighted by molar-refractivity contribution is 5.80. The number of β-amino-alcohol motifs (C(OH)–C–C–N with tert-alkyl or cyclic N) is 1. The largest absolute Gasteiger partial charge is 0.465 e. The summed E-state index contributed by atoms with van der Waals surface area (Å²) in [5.74, 6) is -0.276. The Labute approximate surface area is 71.9 Å². The van der Waals surface area contributed by atoms with Crippen LogP contribution in [-0.2, 0) is 9.53 Å². The van der Waals surface area contributed by atoms with Gasteiger partial charge in [0.1, 0.15) is 5.54 Å². The zero-order chi connectivity index (χ0) is 9.19. The molecule has 2 unspecified atom stereocenters. The molecule has 1 aliphatic heterocycles. The van der Waals surface area contributed by atoms with Gasteiger partial charge in [-0.2, -0.15) is 0 Å². The maximum absolute atomic E-state index is 11.3. The molecule has 70 valence electrons. The van der Waals surface area contributed by atoms with Crippen LogP contribution in [0.2, 0.25) is 0 Å². The monoisotopic (exact) mass is 173 g/mol. The number of aliphatic hydroxyl groups is 1. The Balaban J connectivity index is 2.54. The fourth-order valence-corrected chi connectivity index (χ4v) is 1.40. The highest BCUT2D eigenvalue weighted by Crippen LogP contribution is 2.20. The van der Waals surface area contributed by atoms with Crippen LogP contribution in [0.5, 0.6) is 0 Å². The van der Waals surface area contributed by atoms with E-state index in [9.17, 15) is 9.90 Å². The van der Waals surface area contributed by atoms with Crippen molar-refractivity contribution in [3.05, 3.63) is 0 Å². The molecule has 12 heavy (non-hydrogen) atoms. The van der Waals surface area contributed by atoms with Crippen LogP contribution < -0.4 is 5.32 Å². The lowest BCUT2D eigenvalue weighted by Crippen LogP contribution is -2.45. The number of carbonyl (C=O) groups excluding carboxylic acids is 1. The van der Waals surface area contributed by atoms with Crippen molar-refractivity contribution >= 4 is 5.97 Å². The van der Waals surface area contributed by atoms with E-state index in [4.69, 9.17) is 4.74 Å². The molecular formula is C8H15NO3. The Morgan fingerprint density at radius 2 is 2.50 bits per heavy atom. The molecule has 0 saturated carbocycles. The van der Waals surface area contributed by atoms with Crippen molar-refractivity contribution in [3.63, 3.8) is 0 Å². The highest BCUT2D eigenvalue weighted by atomic mass is 16.5. The minimum atomic E-state index is -0.685. The first-order valence-electron chi connectivity index (χ1n) is 4.19. The molecule has 4 nitrogen and oxygen atoms in total. The Bertz CT molecular complexity index is 183. The Morgan fingerprint density at radius 1 is 1.83 bits per heavy atom. The van der Waals surface area contributed by atoms with Gasteiger partial charge in [-0.3, -0.25) is 10.1 Å². The van der Waals surface area contributed by atoms with Crippen LogP contribution in [0.15, 0.2) is 0 Å². The molecule has 1 fully saturated rings. The van der Waals surface area contributed by atoms with Gasteiger partial charge in [-0.1, -0.05) is 0 Å². The average Bonchev–Trinajstić information content (AvgIpc) is 2.33. The van der Waals surface area contributed by atoms with Gasteiger partial charge >= 0.3 is 5.97 Å².